The molecule has 0 radical (unpaired) electrons. The lowest BCUT2D eigenvalue weighted by Crippen LogP contribution is -2.66. The smallest absolute Gasteiger partial charge is 0.330 e. The van der Waals surface area contributed by atoms with E-state index in [2.05, 4.69) is 6.58 Å². The number of methoxy groups -OCH3 is 2. The molecule has 0 spiro atoms. The molecule has 3 aliphatic carbocycles. The molecule has 1 fully saturated rings. The lowest BCUT2D eigenvalue weighted by Gasteiger charge is -2.53. The Morgan fingerprint density at radius 1 is 1.43 bits per heavy atom. The number of fused-ring (bicyclic) bond motifs is 2. The van der Waals surface area contributed by atoms with Crippen LogP contribution in [0.4, 0.5) is 0 Å². The Labute approximate surface area is 137 Å². The van der Waals surface area contributed by atoms with E-state index in [-0.39, 0.29) is 24.2 Å². The van der Waals surface area contributed by atoms with Crippen molar-refractivity contribution in [2.75, 3.05) is 20.8 Å². The van der Waals surface area contributed by atoms with Crippen LogP contribution in [-0.4, -0.2) is 43.8 Å². The van der Waals surface area contributed by atoms with Gasteiger partial charge in [-0.3, -0.25) is 4.79 Å². The molecular weight excluding hydrogens is 296 g/mol. The molecule has 5 heteroatoms. The van der Waals surface area contributed by atoms with E-state index in [0.29, 0.717) is 6.42 Å². The van der Waals surface area contributed by atoms with Gasteiger partial charge in [0.15, 0.2) is 11.2 Å². The highest BCUT2D eigenvalue weighted by atomic mass is 16.5. The number of esters is 1. The largest absolute Gasteiger partial charge is 0.463 e. The summed E-state index contributed by atoms with van der Waals surface area (Å²) in [6.45, 7) is 7.90. The van der Waals surface area contributed by atoms with Crippen LogP contribution < -0.4 is 0 Å². The van der Waals surface area contributed by atoms with Crippen LogP contribution >= 0.6 is 0 Å². The molecular formula is C18H24O5. The van der Waals surface area contributed by atoms with E-state index in [1.165, 1.54) is 26.4 Å². The van der Waals surface area contributed by atoms with Gasteiger partial charge in [-0.15, -0.1) is 0 Å². The maximum Gasteiger partial charge on any atom is 0.330 e. The molecule has 1 saturated carbocycles. The molecule has 0 aromatic carbocycles. The quantitative estimate of drug-likeness (QED) is 0.427. The van der Waals surface area contributed by atoms with E-state index in [9.17, 15) is 9.59 Å². The van der Waals surface area contributed by atoms with Crippen LogP contribution in [0, 0.1) is 11.8 Å². The Morgan fingerprint density at radius 2 is 2.13 bits per heavy atom. The summed E-state index contributed by atoms with van der Waals surface area (Å²) in [6.07, 6.45) is 7.18. The summed E-state index contributed by atoms with van der Waals surface area (Å²) in [7, 11) is 2.99. The summed E-state index contributed by atoms with van der Waals surface area (Å²) < 4.78 is 16.1. The fourth-order valence-electron chi connectivity index (χ4n) is 3.67. The SMILES string of the molecule is C=C(C)[C@@H]1C[C@@H]2C=C[C@@]1(OC)C(=O)[C@]2(/C=C/C(=O)OCC)OC. The molecule has 3 rings (SSSR count). The van der Waals surface area contributed by atoms with E-state index in [1.807, 2.05) is 13.0 Å². The topological polar surface area (TPSA) is 61.8 Å². The van der Waals surface area contributed by atoms with Gasteiger partial charge in [-0.25, -0.2) is 4.79 Å². The van der Waals surface area contributed by atoms with Gasteiger partial charge >= 0.3 is 5.97 Å². The highest BCUT2D eigenvalue weighted by Gasteiger charge is 2.63. The first kappa shape index (κ1) is 17.6. The number of ether oxygens (including phenoxy) is 3. The highest BCUT2D eigenvalue weighted by molar-refractivity contribution is 6.02. The van der Waals surface area contributed by atoms with Gasteiger partial charge in [-0.1, -0.05) is 18.2 Å². The second-order valence-electron chi connectivity index (χ2n) is 6.01. The van der Waals surface area contributed by atoms with Crippen LogP contribution in [0.2, 0.25) is 0 Å². The van der Waals surface area contributed by atoms with Gasteiger partial charge in [0.25, 0.3) is 0 Å². The van der Waals surface area contributed by atoms with Crippen LogP contribution in [-0.2, 0) is 23.8 Å². The molecule has 0 unspecified atom stereocenters. The highest BCUT2D eigenvalue weighted by Crippen LogP contribution is 2.52. The van der Waals surface area contributed by atoms with Crippen molar-refractivity contribution in [2.45, 2.75) is 31.5 Å². The minimum Gasteiger partial charge on any atom is -0.463 e. The fourth-order valence-corrected chi connectivity index (χ4v) is 3.67. The second kappa shape index (κ2) is 6.42. The molecule has 126 valence electrons. The van der Waals surface area contributed by atoms with Crippen molar-refractivity contribution in [1.29, 1.82) is 0 Å². The fraction of sp³-hybridized carbons (Fsp3) is 0.556. The molecule has 2 bridgehead atoms. The predicted octanol–water partition coefficient (Wildman–Crippen LogP) is 2.23. The van der Waals surface area contributed by atoms with E-state index in [4.69, 9.17) is 14.2 Å². The Balaban J connectivity index is 2.45. The molecule has 23 heavy (non-hydrogen) atoms. The first-order valence-corrected chi connectivity index (χ1v) is 7.74. The molecule has 0 aromatic rings. The Kier molecular flexibility index (Phi) is 4.92. The predicted molar refractivity (Wildman–Crippen MR) is 85.8 cm³/mol. The van der Waals surface area contributed by atoms with Gasteiger partial charge in [0, 0.05) is 32.1 Å². The summed E-state index contributed by atoms with van der Waals surface area (Å²) in [5.74, 6) is -0.981. The van der Waals surface area contributed by atoms with Crippen molar-refractivity contribution in [3.05, 3.63) is 36.5 Å². The van der Waals surface area contributed by atoms with Gasteiger partial charge in [0.2, 0.25) is 5.78 Å². The third kappa shape index (κ3) is 2.58. The van der Waals surface area contributed by atoms with Crippen molar-refractivity contribution in [3.63, 3.8) is 0 Å². The van der Waals surface area contributed by atoms with E-state index < -0.39 is 17.2 Å². The zero-order valence-corrected chi connectivity index (χ0v) is 14.1. The number of hydrogen-bond acceptors (Lipinski definition) is 5. The van der Waals surface area contributed by atoms with Crippen molar-refractivity contribution in [3.8, 4) is 0 Å². The van der Waals surface area contributed by atoms with Crippen molar-refractivity contribution in [1.82, 2.24) is 0 Å². The maximum absolute atomic E-state index is 13.2. The van der Waals surface area contributed by atoms with Crippen molar-refractivity contribution < 1.29 is 23.8 Å². The Morgan fingerprint density at radius 3 is 2.65 bits per heavy atom. The molecule has 4 atom stereocenters. The number of carbonyl (C=O) groups is 2. The molecule has 0 N–H and O–H groups in total. The summed E-state index contributed by atoms with van der Waals surface area (Å²) in [5, 5.41) is 0. The number of ketones is 1. The first-order chi connectivity index (χ1) is 10.9. The van der Waals surface area contributed by atoms with E-state index in [1.54, 1.807) is 13.0 Å². The Hall–Kier alpha value is -1.72. The lowest BCUT2D eigenvalue weighted by atomic mass is 9.56. The molecule has 3 aliphatic rings. The summed E-state index contributed by atoms with van der Waals surface area (Å²) in [4.78, 5) is 24.9. The molecule has 0 saturated heterocycles. The van der Waals surface area contributed by atoms with Crippen LogP contribution in [0.3, 0.4) is 0 Å². The van der Waals surface area contributed by atoms with E-state index >= 15 is 0 Å². The summed E-state index contributed by atoms with van der Waals surface area (Å²) in [5.41, 5.74) is -1.42. The monoisotopic (exact) mass is 320 g/mol. The average Bonchev–Trinajstić information content (AvgIpc) is 2.55. The Bertz CT molecular complexity index is 576. The summed E-state index contributed by atoms with van der Waals surface area (Å²) >= 11 is 0. The maximum atomic E-state index is 13.2. The molecule has 5 nitrogen and oxygen atoms in total. The third-order valence-electron chi connectivity index (χ3n) is 4.87. The van der Waals surface area contributed by atoms with Gasteiger partial charge < -0.3 is 14.2 Å². The zero-order chi connectivity index (χ0) is 17.3. The lowest BCUT2D eigenvalue weighted by molar-refractivity contribution is -0.175. The van der Waals surface area contributed by atoms with Gasteiger partial charge in [-0.2, -0.15) is 0 Å². The van der Waals surface area contributed by atoms with Crippen molar-refractivity contribution >= 4 is 11.8 Å². The number of Topliss-reactive ketones (excluding diaryl/α,β-unsaturated/α-hetero) is 1. The second-order valence-corrected chi connectivity index (χ2v) is 6.01. The zero-order valence-electron chi connectivity index (χ0n) is 14.1. The minimum atomic E-state index is -1.22. The number of carbonyl (C=O) groups excluding carboxylic acids is 2. The van der Waals surface area contributed by atoms with Gasteiger partial charge in [-0.05, 0) is 32.4 Å². The van der Waals surface area contributed by atoms with E-state index in [0.717, 1.165) is 5.57 Å². The number of hydrogen-bond donors (Lipinski definition) is 0. The van der Waals surface area contributed by atoms with Crippen LogP contribution in [0.1, 0.15) is 20.3 Å². The van der Waals surface area contributed by atoms with Crippen LogP contribution in [0.5, 0.6) is 0 Å². The van der Waals surface area contributed by atoms with Crippen molar-refractivity contribution in [2.24, 2.45) is 11.8 Å². The summed E-state index contributed by atoms with van der Waals surface area (Å²) in [6, 6.07) is 0. The van der Waals surface area contributed by atoms with Gasteiger partial charge in [0.1, 0.15) is 0 Å². The molecule has 0 amide bonds. The molecule has 0 aliphatic heterocycles. The van der Waals surface area contributed by atoms with Crippen LogP contribution in [0.25, 0.3) is 0 Å². The molecule has 0 aromatic heterocycles. The average molecular weight is 320 g/mol. The number of rotatable bonds is 6. The van der Waals surface area contributed by atoms with Gasteiger partial charge in [0.05, 0.1) is 6.61 Å². The standard InChI is InChI=1S/C18H24O5/c1-6-23-15(19)8-10-17(21-4)13-7-9-18(22-5,16(17)20)14(11-13)12(2)3/h7-10,13-14H,2,6,11H2,1,3-5H3/b10-8+/t13-,14-,17+,18-/m0/s1. The van der Waals surface area contributed by atoms with Crippen LogP contribution in [0.15, 0.2) is 36.5 Å². The first-order valence-electron chi connectivity index (χ1n) is 7.74. The minimum absolute atomic E-state index is 0.103. The third-order valence-corrected chi connectivity index (χ3v) is 4.87. The normalized spacial score (nSPS) is 35.7. The molecule has 0 heterocycles.